The van der Waals surface area contributed by atoms with Crippen molar-refractivity contribution in [1.29, 1.82) is 0 Å². The van der Waals surface area contributed by atoms with Crippen LogP contribution < -0.4 is 10.2 Å². The van der Waals surface area contributed by atoms with Crippen LogP contribution in [0.4, 0.5) is 5.69 Å². The summed E-state index contributed by atoms with van der Waals surface area (Å²) in [7, 11) is 0. The summed E-state index contributed by atoms with van der Waals surface area (Å²) in [5.74, 6) is 1.01. The van der Waals surface area contributed by atoms with Crippen molar-refractivity contribution in [2.75, 3.05) is 6.61 Å². The maximum atomic E-state index is 11.7. The molecule has 0 aliphatic heterocycles. The quantitative estimate of drug-likeness (QED) is 0.366. The number of non-ortho nitro benzene ring substituents is 1. The Morgan fingerprint density at radius 2 is 1.86 bits per heavy atom. The van der Waals surface area contributed by atoms with Gasteiger partial charge in [-0.05, 0) is 48.5 Å². The van der Waals surface area contributed by atoms with Crippen LogP contribution in [-0.2, 0) is 4.79 Å². The smallest absolute Gasteiger partial charge is 0.277 e. The molecule has 0 aliphatic rings. The lowest BCUT2D eigenvalue weighted by Crippen LogP contribution is -2.24. The summed E-state index contributed by atoms with van der Waals surface area (Å²) < 4.78 is 10.9. The Kier molecular flexibility index (Phi) is 6.03. The van der Waals surface area contributed by atoms with E-state index in [4.69, 9.17) is 20.8 Å². The molecule has 1 aromatic heterocycles. The molecule has 0 unspecified atom stereocenters. The molecular formula is C19H14ClN3O5. The minimum atomic E-state index is -0.469. The van der Waals surface area contributed by atoms with E-state index in [0.717, 1.165) is 0 Å². The molecule has 1 N–H and O–H groups in total. The van der Waals surface area contributed by atoms with Crippen LogP contribution in [0.1, 0.15) is 5.76 Å². The van der Waals surface area contributed by atoms with E-state index in [-0.39, 0.29) is 12.3 Å². The number of benzene rings is 2. The minimum absolute atomic E-state index is 0.000577. The van der Waals surface area contributed by atoms with Crippen molar-refractivity contribution in [3.63, 3.8) is 0 Å². The van der Waals surface area contributed by atoms with Gasteiger partial charge in [-0.1, -0.05) is 11.6 Å². The summed E-state index contributed by atoms with van der Waals surface area (Å²) in [4.78, 5) is 21.9. The highest BCUT2D eigenvalue weighted by atomic mass is 35.5. The molecule has 142 valence electrons. The molecular weight excluding hydrogens is 386 g/mol. The maximum absolute atomic E-state index is 11.7. The van der Waals surface area contributed by atoms with Gasteiger partial charge in [0.15, 0.2) is 6.61 Å². The number of hydrogen-bond acceptors (Lipinski definition) is 6. The second-order valence-electron chi connectivity index (χ2n) is 5.54. The molecule has 0 bridgehead atoms. The van der Waals surface area contributed by atoms with Crippen LogP contribution in [0.15, 0.2) is 70.2 Å². The molecule has 0 saturated carbocycles. The number of carbonyl (C=O) groups is 1. The van der Waals surface area contributed by atoms with Crippen LogP contribution in [0.3, 0.4) is 0 Å². The molecule has 0 radical (unpaired) electrons. The molecule has 0 saturated heterocycles. The first-order valence-electron chi connectivity index (χ1n) is 8.06. The van der Waals surface area contributed by atoms with Gasteiger partial charge in [0.05, 0.1) is 11.1 Å². The van der Waals surface area contributed by atoms with Gasteiger partial charge in [-0.15, -0.1) is 0 Å². The van der Waals surface area contributed by atoms with E-state index in [1.807, 2.05) is 0 Å². The van der Waals surface area contributed by atoms with Crippen molar-refractivity contribution >= 4 is 29.4 Å². The van der Waals surface area contributed by atoms with Gasteiger partial charge < -0.3 is 9.15 Å². The van der Waals surface area contributed by atoms with Crippen molar-refractivity contribution in [1.82, 2.24) is 5.43 Å². The standard InChI is InChI=1S/C19H14ClN3O5/c20-14-3-7-16(8-4-14)27-12-19(24)22-21-11-17-9-10-18(28-17)13-1-5-15(6-2-13)23(25)26/h1-11H,12H2,(H,22,24)/b21-11-. The van der Waals surface area contributed by atoms with Gasteiger partial charge in [-0.2, -0.15) is 5.10 Å². The number of hydrogen-bond donors (Lipinski definition) is 1. The van der Waals surface area contributed by atoms with E-state index in [9.17, 15) is 14.9 Å². The fourth-order valence-electron chi connectivity index (χ4n) is 2.20. The summed E-state index contributed by atoms with van der Waals surface area (Å²) in [5.41, 5.74) is 3.01. The van der Waals surface area contributed by atoms with Crippen molar-refractivity contribution in [2.45, 2.75) is 0 Å². The Bertz CT molecular complexity index is 997. The fraction of sp³-hybridized carbons (Fsp3) is 0.0526. The highest BCUT2D eigenvalue weighted by Crippen LogP contribution is 2.24. The highest BCUT2D eigenvalue weighted by Gasteiger charge is 2.08. The molecule has 0 atom stereocenters. The Labute approximate surface area is 164 Å². The summed E-state index contributed by atoms with van der Waals surface area (Å²) >= 11 is 5.77. The lowest BCUT2D eigenvalue weighted by molar-refractivity contribution is -0.384. The number of rotatable bonds is 7. The summed E-state index contributed by atoms with van der Waals surface area (Å²) in [6.07, 6.45) is 1.34. The predicted molar refractivity (Wildman–Crippen MR) is 103 cm³/mol. The molecule has 9 heteroatoms. The van der Waals surface area contributed by atoms with E-state index < -0.39 is 10.8 Å². The number of halogens is 1. The molecule has 0 aliphatic carbocycles. The SMILES string of the molecule is O=C(COc1ccc(Cl)cc1)N/N=C\c1ccc(-c2ccc([N+](=O)[O-])cc2)o1. The molecule has 28 heavy (non-hydrogen) atoms. The van der Waals surface area contributed by atoms with Gasteiger partial charge in [0.2, 0.25) is 0 Å². The molecule has 2 aromatic carbocycles. The first-order chi connectivity index (χ1) is 13.5. The number of furan rings is 1. The Balaban J connectivity index is 1.51. The van der Waals surface area contributed by atoms with E-state index in [2.05, 4.69) is 10.5 Å². The van der Waals surface area contributed by atoms with Crippen LogP contribution >= 0.6 is 11.6 Å². The average Bonchev–Trinajstić information content (AvgIpc) is 3.16. The van der Waals surface area contributed by atoms with Crippen molar-refractivity contribution in [2.24, 2.45) is 5.10 Å². The first kappa shape index (κ1) is 19.1. The number of nitrogens with zero attached hydrogens (tertiary/aromatic N) is 2. The average molecular weight is 400 g/mol. The summed E-state index contributed by atoms with van der Waals surface area (Å²) in [6.45, 7) is -0.203. The van der Waals surface area contributed by atoms with Crippen LogP contribution in [0.2, 0.25) is 5.02 Å². The van der Waals surface area contributed by atoms with Gasteiger partial charge in [-0.3, -0.25) is 14.9 Å². The fourth-order valence-corrected chi connectivity index (χ4v) is 2.33. The predicted octanol–water partition coefficient (Wildman–Crippen LogP) is 4.04. The van der Waals surface area contributed by atoms with Crippen molar-refractivity contribution < 1.29 is 18.9 Å². The zero-order valence-corrected chi connectivity index (χ0v) is 15.1. The Hall–Kier alpha value is -3.65. The molecule has 0 spiro atoms. The first-order valence-corrected chi connectivity index (χ1v) is 8.44. The third-order valence-electron chi connectivity index (χ3n) is 3.55. The van der Waals surface area contributed by atoms with Crippen LogP contribution in [0.25, 0.3) is 11.3 Å². The Morgan fingerprint density at radius 3 is 2.54 bits per heavy atom. The molecule has 3 aromatic rings. The largest absolute Gasteiger partial charge is 0.484 e. The lowest BCUT2D eigenvalue weighted by Gasteiger charge is -2.04. The number of nitro benzene ring substituents is 1. The Morgan fingerprint density at radius 1 is 1.14 bits per heavy atom. The van der Waals surface area contributed by atoms with Gasteiger partial charge in [-0.25, -0.2) is 5.43 Å². The molecule has 3 rings (SSSR count). The molecule has 0 fully saturated rings. The number of hydrazone groups is 1. The lowest BCUT2D eigenvalue weighted by atomic mass is 10.1. The number of ether oxygens (including phenoxy) is 1. The number of carbonyl (C=O) groups excluding carboxylic acids is 1. The summed E-state index contributed by atoms with van der Waals surface area (Å²) in [6, 6.07) is 16.0. The second-order valence-corrected chi connectivity index (χ2v) is 5.98. The van der Waals surface area contributed by atoms with Crippen LogP contribution in [-0.4, -0.2) is 23.7 Å². The van der Waals surface area contributed by atoms with Gasteiger partial charge in [0.25, 0.3) is 11.6 Å². The van der Waals surface area contributed by atoms with Gasteiger partial charge >= 0.3 is 0 Å². The zero-order valence-electron chi connectivity index (χ0n) is 14.4. The van der Waals surface area contributed by atoms with E-state index in [0.29, 0.717) is 27.9 Å². The number of amides is 1. The number of nitrogens with one attached hydrogen (secondary N) is 1. The molecule has 1 amide bonds. The maximum Gasteiger partial charge on any atom is 0.277 e. The summed E-state index contributed by atoms with van der Waals surface area (Å²) in [5, 5.41) is 15.1. The molecule has 1 heterocycles. The zero-order chi connectivity index (χ0) is 19.9. The highest BCUT2D eigenvalue weighted by molar-refractivity contribution is 6.30. The van der Waals surface area contributed by atoms with Crippen LogP contribution in [0.5, 0.6) is 5.75 Å². The minimum Gasteiger partial charge on any atom is -0.484 e. The van der Waals surface area contributed by atoms with Gasteiger partial charge in [0.1, 0.15) is 17.3 Å². The monoisotopic (exact) mass is 399 g/mol. The topological polar surface area (TPSA) is 107 Å². The molecule has 8 nitrogen and oxygen atoms in total. The second kappa shape index (κ2) is 8.83. The van der Waals surface area contributed by atoms with Crippen LogP contribution in [0, 0.1) is 10.1 Å². The van der Waals surface area contributed by atoms with E-state index >= 15 is 0 Å². The van der Waals surface area contributed by atoms with E-state index in [1.54, 1.807) is 48.5 Å². The number of nitro groups is 1. The van der Waals surface area contributed by atoms with Crippen molar-refractivity contribution in [3.8, 4) is 17.1 Å². The van der Waals surface area contributed by atoms with E-state index in [1.165, 1.54) is 18.3 Å². The third-order valence-corrected chi connectivity index (χ3v) is 3.81. The third kappa shape index (κ3) is 5.18. The van der Waals surface area contributed by atoms with Crippen molar-refractivity contribution in [3.05, 3.63) is 81.6 Å². The van der Waals surface area contributed by atoms with Gasteiger partial charge in [0, 0.05) is 22.7 Å². The normalized spacial score (nSPS) is 10.8.